The first-order valence-electron chi connectivity index (χ1n) is 6.71. The van der Waals surface area contributed by atoms with Gasteiger partial charge in [0.05, 0.1) is 10.6 Å². The van der Waals surface area contributed by atoms with Gasteiger partial charge in [-0.3, -0.25) is 9.59 Å². The quantitative estimate of drug-likeness (QED) is 0.231. The van der Waals surface area contributed by atoms with E-state index in [1.54, 1.807) is 0 Å². The number of hydrogen-bond acceptors (Lipinski definition) is 8. The van der Waals surface area contributed by atoms with Crippen molar-refractivity contribution < 1.29 is 94.6 Å². The Morgan fingerprint density at radius 1 is 1.00 bits per heavy atom. The van der Waals surface area contributed by atoms with Crippen molar-refractivity contribution in [2.75, 3.05) is 0 Å². The largest absolute Gasteiger partial charge is 1.00 e. The van der Waals surface area contributed by atoms with E-state index in [4.69, 9.17) is 23.2 Å². The molecule has 0 aliphatic heterocycles. The molecule has 14 heteroatoms. The van der Waals surface area contributed by atoms with E-state index in [1.807, 2.05) is 0 Å². The molecule has 0 fully saturated rings. The van der Waals surface area contributed by atoms with E-state index in [0.29, 0.717) is 6.08 Å². The van der Waals surface area contributed by atoms with Crippen molar-refractivity contribution in [2.24, 2.45) is 0 Å². The molecule has 2 aliphatic carbocycles. The number of fused-ring (bicyclic) bond motifs is 1. The number of alkyl halides is 1. The molecular formula is C14H6Cl2Na2O8S2. The van der Waals surface area contributed by atoms with Crippen LogP contribution >= 0.6 is 23.2 Å². The Morgan fingerprint density at radius 2 is 1.57 bits per heavy atom. The predicted octanol–water partition coefficient (Wildman–Crippen LogP) is -5.01. The van der Waals surface area contributed by atoms with Gasteiger partial charge in [0.1, 0.15) is 25.5 Å². The van der Waals surface area contributed by atoms with Gasteiger partial charge < -0.3 is 9.11 Å². The van der Waals surface area contributed by atoms with Crippen molar-refractivity contribution in [3.8, 4) is 0 Å². The van der Waals surface area contributed by atoms with E-state index in [9.17, 15) is 35.5 Å². The Labute approximate surface area is 214 Å². The number of carbonyl (C=O) groups excluding carboxylic acids is 2. The zero-order valence-corrected chi connectivity index (χ0v) is 21.4. The smallest absolute Gasteiger partial charge is 0.747 e. The van der Waals surface area contributed by atoms with E-state index in [-0.39, 0.29) is 75.3 Å². The first-order chi connectivity index (χ1) is 11.8. The monoisotopic (exact) mass is 482 g/mol. The Bertz CT molecular complexity index is 1160. The minimum atomic E-state index is -5.78. The van der Waals surface area contributed by atoms with Crippen LogP contribution in [-0.4, -0.2) is 47.0 Å². The maximum Gasteiger partial charge on any atom is 1.00 e. The maximum atomic E-state index is 12.8. The molecular weight excluding hydrogens is 477 g/mol. The van der Waals surface area contributed by atoms with Crippen LogP contribution in [0.3, 0.4) is 0 Å². The van der Waals surface area contributed by atoms with Crippen LogP contribution in [0.25, 0.3) is 0 Å². The number of carbonyl (C=O) groups is 2. The van der Waals surface area contributed by atoms with Gasteiger partial charge in [0, 0.05) is 16.7 Å². The standard InChI is InChI=1S/C14H8Cl2O8S2.2Na/c15-8-3-1-2-6-10(8)12(17)7-4-5-9(25(19,20)21)14(16,26(22,23)24)11(7)13(6)18;;/h1-5,9H,(H,19,20,21)(H,22,23,24);;/q;2*+1/p-2. The average Bonchev–Trinajstić information content (AvgIpc) is 2.49. The van der Waals surface area contributed by atoms with Crippen LogP contribution in [0.1, 0.15) is 20.7 Å². The second-order valence-corrected chi connectivity index (χ2v) is 9.75. The molecule has 2 unspecified atom stereocenters. The van der Waals surface area contributed by atoms with E-state index in [1.165, 1.54) is 12.1 Å². The summed E-state index contributed by atoms with van der Waals surface area (Å²) in [5.41, 5.74) is -2.27. The van der Waals surface area contributed by atoms with Crippen LogP contribution < -0.4 is 59.1 Å². The summed E-state index contributed by atoms with van der Waals surface area (Å²) in [6.07, 6.45) is 1.30. The molecule has 28 heavy (non-hydrogen) atoms. The average molecular weight is 483 g/mol. The fourth-order valence-electron chi connectivity index (χ4n) is 2.95. The first kappa shape index (κ1) is 26.5. The third-order valence-electron chi connectivity index (χ3n) is 4.05. The SMILES string of the molecule is O=C1C2=C(C=CC(S(=O)(=O)[O-])C2(Cl)S(=O)(=O)[O-])C(=O)c2c(Cl)cccc21.[Na+].[Na+]. The number of Topliss-reactive ketones (excluding diaryl/α,β-unsaturated/α-hetero) is 2. The zero-order valence-electron chi connectivity index (χ0n) is 14.3. The van der Waals surface area contributed by atoms with Crippen LogP contribution in [0, 0.1) is 0 Å². The summed E-state index contributed by atoms with van der Waals surface area (Å²) in [5.74, 6) is -2.10. The Hall–Kier alpha value is 0.440. The summed E-state index contributed by atoms with van der Waals surface area (Å²) in [4.78, 5) is 25.5. The normalized spacial score (nSPS) is 24.1. The molecule has 0 spiro atoms. The molecule has 0 heterocycles. The van der Waals surface area contributed by atoms with Gasteiger partial charge in [-0.2, -0.15) is 0 Å². The van der Waals surface area contributed by atoms with Crippen LogP contribution in [0.2, 0.25) is 5.02 Å². The van der Waals surface area contributed by atoms with E-state index in [0.717, 1.165) is 12.1 Å². The number of halogens is 2. The molecule has 8 nitrogen and oxygen atoms in total. The predicted molar refractivity (Wildman–Crippen MR) is 88.0 cm³/mol. The molecule has 2 aliphatic rings. The van der Waals surface area contributed by atoms with Crippen molar-refractivity contribution >= 4 is 55.0 Å². The van der Waals surface area contributed by atoms with Crippen molar-refractivity contribution in [3.63, 3.8) is 0 Å². The van der Waals surface area contributed by atoms with E-state index >= 15 is 0 Å². The molecule has 0 N–H and O–H groups in total. The molecule has 0 radical (unpaired) electrons. The van der Waals surface area contributed by atoms with Gasteiger partial charge in [0.15, 0.2) is 15.8 Å². The molecule has 3 rings (SSSR count). The summed E-state index contributed by atoms with van der Waals surface area (Å²) in [6, 6.07) is 3.74. The number of ketones is 2. The topological polar surface area (TPSA) is 149 Å². The molecule has 138 valence electrons. The van der Waals surface area contributed by atoms with Gasteiger partial charge >= 0.3 is 59.1 Å². The first-order valence-corrected chi connectivity index (χ1v) is 10.3. The second-order valence-electron chi connectivity index (χ2n) is 5.48. The van der Waals surface area contributed by atoms with Crippen molar-refractivity contribution in [1.82, 2.24) is 0 Å². The minimum absolute atomic E-state index is 0. The Balaban J connectivity index is 0.00000196. The molecule has 0 bridgehead atoms. The Kier molecular flexibility index (Phi) is 8.06. The molecule has 0 saturated carbocycles. The van der Waals surface area contributed by atoms with Crippen molar-refractivity contribution in [2.45, 2.75) is 9.46 Å². The van der Waals surface area contributed by atoms with Crippen LogP contribution in [0.5, 0.6) is 0 Å². The third kappa shape index (κ3) is 3.88. The molecule has 0 saturated heterocycles. The minimum Gasteiger partial charge on any atom is -0.747 e. The van der Waals surface area contributed by atoms with Gasteiger partial charge in [-0.1, -0.05) is 47.5 Å². The summed E-state index contributed by atoms with van der Waals surface area (Å²) >= 11 is 11.8. The molecule has 0 amide bonds. The molecule has 0 aromatic heterocycles. The van der Waals surface area contributed by atoms with Gasteiger partial charge in [-0.05, 0) is 6.07 Å². The van der Waals surface area contributed by atoms with Gasteiger partial charge in [0.25, 0.3) is 0 Å². The molecule has 2 atom stereocenters. The Morgan fingerprint density at radius 3 is 2.07 bits per heavy atom. The fraction of sp³-hybridized carbons (Fsp3) is 0.143. The van der Waals surface area contributed by atoms with Crippen LogP contribution in [0.4, 0.5) is 0 Å². The zero-order chi connectivity index (χ0) is 19.7. The molecule has 1 aromatic rings. The summed E-state index contributed by atoms with van der Waals surface area (Å²) in [7, 11) is -11.2. The molecule has 1 aromatic carbocycles. The maximum absolute atomic E-state index is 12.8. The van der Waals surface area contributed by atoms with Gasteiger partial charge in [-0.25, -0.2) is 16.8 Å². The second kappa shape index (κ2) is 8.52. The van der Waals surface area contributed by atoms with Crippen molar-refractivity contribution in [1.29, 1.82) is 0 Å². The van der Waals surface area contributed by atoms with Gasteiger partial charge in [0.2, 0.25) is 0 Å². The van der Waals surface area contributed by atoms with E-state index < -0.39 is 52.4 Å². The van der Waals surface area contributed by atoms with Crippen molar-refractivity contribution in [3.05, 3.63) is 57.6 Å². The van der Waals surface area contributed by atoms with E-state index in [2.05, 4.69) is 0 Å². The summed E-state index contributed by atoms with van der Waals surface area (Å²) in [5, 5.41) is -2.69. The number of rotatable bonds is 2. The van der Waals surface area contributed by atoms with Crippen LogP contribution in [0.15, 0.2) is 41.5 Å². The van der Waals surface area contributed by atoms with Gasteiger partial charge in [-0.15, -0.1) is 0 Å². The summed E-state index contributed by atoms with van der Waals surface area (Å²) in [6.45, 7) is 0. The number of allylic oxidation sites excluding steroid dienone is 2. The summed E-state index contributed by atoms with van der Waals surface area (Å²) < 4.78 is 66.4. The van der Waals surface area contributed by atoms with Crippen LogP contribution in [-0.2, 0) is 20.2 Å². The number of benzene rings is 1. The number of hydrogen-bond donors (Lipinski definition) is 0. The third-order valence-corrected chi connectivity index (χ3v) is 7.95. The fourth-order valence-corrected chi connectivity index (χ4v) is 6.08.